The minimum Gasteiger partial charge on any atom is -0.379 e. The highest BCUT2D eigenvalue weighted by Crippen LogP contribution is 2.29. The molecule has 1 saturated heterocycles. The Kier molecular flexibility index (Phi) is 4.59. The summed E-state index contributed by atoms with van der Waals surface area (Å²) in [6.45, 7) is 6.81. The van der Waals surface area contributed by atoms with Crippen molar-refractivity contribution in [2.75, 3.05) is 26.3 Å². The van der Waals surface area contributed by atoms with Crippen molar-refractivity contribution in [1.82, 2.24) is 4.90 Å². The Hall–Kier alpha value is -1.35. The molecule has 0 spiro atoms. The van der Waals surface area contributed by atoms with E-state index in [4.69, 9.17) is 16.3 Å². The summed E-state index contributed by atoms with van der Waals surface area (Å²) in [5.74, 6) is 0. The molecular formula is C18H20ClNO. The van der Waals surface area contributed by atoms with Crippen molar-refractivity contribution in [3.8, 4) is 11.1 Å². The van der Waals surface area contributed by atoms with Crippen LogP contribution in [-0.4, -0.2) is 31.2 Å². The first-order valence-corrected chi connectivity index (χ1v) is 7.76. The summed E-state index contributed by atoms with van der Waals surface area (Å²) in [7, 11) is 0. The lowest BCUT2D eigenvalue weighted by atomic mass is 10.0. The highest BCUT2D eigenvalue weighted by atomic mass is 35.5. The van der Waals surface area contributed by atoms with E-state index in [1.165, 1.54) is 16.7 Å². The van der Waals surface area contributed by atoms with Crippen molar-refractivity contribution < 1.29 is 4.74 Å². The summed E-state index contributed by atoms with van der Waals surface area (Å²) in [5.41, 5.74) is 4.85. The third kappa shape index (κ3) is 3.65. The quantitative estimate of drug-likeness (QED) is 0.844. The summed E-state index contributed by atoms with van der Waals surface area (Å²) in [5, 5.41) is 0.807. The Balaban J connectivity index is 1.75. The van der Waals surface area contributed by atoms with E-state index in [0.717, 1.165) is 43.4 Å². The van der Waals surface area contributed by atoms with E-state index in [1.807, 2.05) is 12.1 Å². The van der Waals surface area contributed by atoms with Gasteiger partial charge < -0.3 is 4.74 Å². The van der Waals surface area contributed by atoms with Crippen LogP contribution >= 0.6 is 11.6 Å². The van der Waals surface area contributed by atoms with Crippen LogP contribution in [0.25, 0.3) is 11.1 Å². The number of ether oxygens (including phenoxy) is 1. The molecule has 0 bridgehead atoms. The fourth-order valence-electron chi connectivity index (χ4n) is 2.67. The minimum atomic E-state index is 0.807. The molecule has 1 aliphatic rings. The summed E-state index contributed by atoms with van der Waals surface area (Å²) in [6.07, 6.45) is 0. The average molecular weight is 302 g/mol. The maximum Gasteiger partial charge on any atom is 0.0594 e. The van der Waals surface area contributed by atoms with E-state index in [9.17, 15) is 0 Å². The molecule has 0 saturated carbocycles. The van der Waals surface area contributed by atoms with Crippen molar-refractivity contribution in [3.05, 3.63) is 58.6 Å². The number of hydrogen-bond donors (Lipinski definition) is 0. The maximum atomic E-state index is 6.30. The van der Waals surface area contributed by atoms with E-state index in [2.05, 4.69) is 42.2 Å². The molecule has 2 nitrogen and oxygen atoms in total. The van der Waals surface area contributed by atoms with Crippen LogP contribution < -0.4 is 0 Å². The second-order valence-electron chi connectivity index (χ2n) is 5.57. The van der Waals surface area contributed by atoms with Crippen LogP contribution in [0.2, 0.25) is 5.02 Å². The number of hydrogen-bond acceptors (Lipinski definition) is 2. The molecule has 1 aliphatic heterocycles. The molecule has 3 heteroatoms. The van der Waals surface area contributed by atoms with Crippen LogP contribution in [0.3, 0.4) is 0 Å². The van der Waals surface area contributed by atoms with Gasteiger partial charge in [-0.1, -0.05) is 47.5 Å². The second-order valence-corrected chi connectivity index (χ2v) is 5.98. The first kappa shape index (κ1) is 14.6. The number of halogens is 1. The minimum absolute atomic E-state index is 0.807. The monoisotopic (exact) mass is 301 g/mol. The van der Waals surface area contributed by atoms with Gasteiger partial charge in [-0.3, -0.25) is 4.90 Å². The summed E-state index contributed by atoms with van der Waals surface area (Å²) in [6, 6.07) is 14.9. The second kappa shape index (κ2) is 6.61. The molecule has 2 aromatic carbocycles. The number of benzene rings is 2. The standard InChI is InChI=1S/C18H20ClNO/c1-14-2-7-18(19)17(12-14)16-5-3-15(4-6-16)13-20-8-10-21-11-9-20/h2-7,12H,8-11,13H2,1H3. The largest absolute Gasteiger partial charge is 0.379 e. The predicted molar refractivity (Wildman–Crippen MR) is 87.7 cm³/mol. The first-order valence-electron chi connectivity index (χ1n) is 7.38. The molecule has 110 valence electrons. The summed E-state index contributed by atoms with van der Waals surface area (Å²) >= 11 is 6.30. The lowest BCUT2D eigenvalue weighted by molar-refractivity contribution is 0.0342. The van der Waals surface area contributed by atoms with Gasteiger partial charge in [0.15, 0.2) is 0 Å². The first-order chi connectivity index (χ1) is 10.2. The average Bonchev–Trinajstić information content (AvgIpc) is 2.52. The molecule has 0 N–H and O–H groups in total. The Morgan fingerprint density at radius 2 is 1.76 bits per heavy atom. The fourth-order valence-corrected chi connectivity index (χ4v) is 2.89. The number of morpholine rings is 1. The molecule has 1 fully saturated rings. The molecular weight excluding hydrogens is 282 g/mol. The van der Waals surface area contributed by atoms with Gasteiger partial charge >= 0.3 is 0 Å². The van der Waals surface area contributed by atoms with Crippen LogP contribution in [0.15, 0.2) is 42.5 Å². The topological polar surface area (TPSA) is 12.5 Å². The molecule has 0 radical (unpaired) electrons. The normalized spacial score (nSPS) is 16.1. The van der Waals surface area contributed by atoms with Gasteiger partial charge in [-0.25, -0.2) is 0 Å². The van der Waals surface area contributed by atoms with Gasteiger partial charge in [-0.2, -0.15) is 0 Å². The number of rotatable bonds is 3. The van der Waals surface area contributed by atoms with Crippen LogP contribution in [0, 0.1) is 6.92 Å². The molecule has 0 amide bonds. The molecule has 0 unspecified atom stereocenters. The SMILES string of the molecule is Cc1ccc(Cl)c(-c2ccc(CN3CCOCC3)cc2)c1. The van der Waals surface area contributed by atoms with E-state index in [0.29, 0.717) is 0 Å². The van der Waals surface area contributed by atoms with Crippen molar-refractivity contribution >= 4 is 11.6 Å². The van der Waals surface area contributed by atoms with Gasteiger partial charge in [-0.05, 0) is 30.2 Å². The highest BCUT2D eigenvalue weighted by Gasteiger charge is 2.11. The van der Waals surface area contributed by atoms with Crippen LogP contribution in [0.1, 0.15) is 11.1 Å². The number of nitrogens with zero attached hydrogens (tertiary/aromatic N) is 1. The van der Waals surface area contributed by atoms with Gasteiger partial charge in [-0.15, -0.1) is 0 Å². The lowest BCUT2D eigenvalue weighted by Crippen LogP contribution is -2.35. The molecule has 0 aliphatic carbocycles. The zero-order chi connectivity index (χ0) is 14.7. The third-order valence-electron chi connectivity index (χ3n) is 3.90. The van der Waals surface area contributed by atoms with Gasteiger partial charge in [0.1, 0.15) is 0 Å². The molecule has 2 aromatic rings. The zero-order valence-corrected chi connectivity index (χ0v) is 13.1. The van der Waals surface area contributed by atoms with E-state index >= 15 is 0 Å². The fraction of sp³-hybridized carbons (Fsp3) is 0.333. The molecule has 1 heterocycles. The van der Waals surface area contributed by atoms with Crippen molar-refractivity contribution in [2.24, 2.45) is 0 Å². The summed E-state index contributed by atoms with van der Waals surface area (Å²) < 4.78 is 5.38. The van der Waals surface area contributed by atoms with E-state index in [-0.39, 0.29) is 0 Å². The Bertz CT molecular complexity index is 603. The number of aryl methyl sites for hydroxylation is 1. The van der Waals surface area contributed by atoms with Gasteiger partial charge in [0.05, 0.1) is 13.2 Å². The molecule has 3 rings (SSSR count). The molecule has 0 atom stereocenters. The third-order valence-corrected chi connectivity index (χ3v) is 4.23. The van der Waals surface area contributed by atoms with Gasteiger partial charge in [0.25, 0.3) is 0 Å². The maximum absolute atomic E-state index is 6.30. The lowest BCUT2D eigenvalue weighted by Gasteiger charge is -2.26. The Labute approximate surface area is 131 Å². The molecule has 21 heavy (non-hydrogen) atoms. The van der Waals surface area contributed by atoms with E-state index in [1.54, 1.807) is 0 Å². The van der Waals surface area contributed by atoms with E-state index < -0.39 is 0 Å². The highest BCUT2D eigenvalue weighted by molar-refractivity contribution is 6.33. The van der Waals surface area contributed by atoms with Gasteiger partial charge in [0.2, 0.25) is 0 Å². The van der Waals surface area contributed by atoms with Crippen molar-refractivity contribution in [1.29, 1.82) is 0 Å². The predicted octanol–water partition coefficient (Wildman–Crippen LogP) is 4.15. The Morgan fingerprint density at radius 1 is 1.05 bits per heavy atom. The zero-order valence-electron chi connectivity index (χ0n) is 12.3. The van der Waals surface area contributed by atoms with Crippen LogP contribution in [0.5, 0.6) is 0 Å². The van der Waals surface area contributed by atoms with Crippen molar-refractivity contribution in [3.63, 3.8) is 0 Å². The van der Waals surface area contributed by atoms with Crippen LogP contribution in [-0.2, 0) is 11.3 Å². The smallest absolute Gasteiger partial charge is 0.0594 e. The summed E-state index contributed by atoms with van der Waals surface area (Å²) in [4.78, 5) is 2.43. The van der Waals surface area contributed by atoms with Crippen LogP contribution in [0.4, 0.5) is 0 Å². The molecule has 0 aromatic heterocycles. The Morgan fingerprint density at radius 3 is 2.48 bits per heavy atom. The van der Waals surface area contributed by atoms with Crippen molar-refractivity contribution in [2.45, 2.75) is 13.5 Å². The van der Waals surface area contributed by atoms with Gasteiger partial charge in [0, 0.05) is 30.2 Å².